The lowest BCUT2D eigenvalue weighted by molar-refractivity contribution is -0.120. The van der Waals surface area contributed by atoms with Crippen molar-refractivity contribution in [3.63, 3.8) is 0 Å². The average Bonchev–Trinajstić information content (AvgIpc) is 3.31. The number of hydrogen-bond donors (Lipinski definition) is 5. The summed E-state index contributed by atoms with van der Waals surface area (Å²) in [5.41, 5.74) is 1.48. The van der Waals surface area contributed by atoms with Crippen LogP contribution in [0.4, 0.5) is 27.9 Å². The summed E-state index contributed by atoms with van der Waals surface area (Å²) in [5.74, 6) is 1.06. The van der Waals surface area contributed by atoms with Gasteiger partial charge in [0.05, 0.1) is 11.0 Å². The van der Waals surface area contributed by atoms with Crippen molar-refractivity contribution in [2.45, 2.75) is 19.3 Å². The molecule has 3 amide bonds. The molecule has 0 saturated carbocycles. The summed E-state index contributed by atoms with van der Waals surface area (Å²) in [7, 11) is 1.74. The van der Waals surface area contributed by atoms with Crippen molar-refractivity contribution in [1.29, 1.82) is 0 Å². The number of halogens is 1. The molecule has 0 radical (unpaired) electrons. The number of nitrogens with one attached hydrogen (secondary N) is 5. The Labute approximate surface area is 196 Å². The summed E-state index contributed by atoms with van der Waals surface area (Å²) in [6.45, 7) is 3.14. The lowest BCUT2D eigenvalue weighted by atomic mass is 10.3. The molecule has 3 rings (SSSR count). The number of likely N-dealkylation sites (tertiary alicyclic amines) is 1. The van der Waals surface area contributed by atoms with Gasteiger partial charge in [-0.3, -0.25) is 4.79 Å². The van der Waals surface area contributed by atoms with Crippen LogP contribution in [0.15, 0.2) is 34.9 Å². The Morgan fingerprint density at radius 3 is 2.72 bits per heavy atom. The molecule has 1 aliphatic rings. The monoisotopic (exact) mass is 504 g/mol. The molecule has 1 fully saturated rings. The number of rotatable bonds is 10. The first-order valence-corrected chi connectivity index (χ1v) is 11.4. The van der Waals surface area contributed by atoms with Crippen molar-refractivity contribution in [1.82, 2.24) is 25.5 Å². The number of nitrogens with zero attached hydrogens (tertiary/aromatic N) is 3. The highest BCUT2D eigenvalue weighted by Crippen LogP contribution is 2.23. The largest absolute Gasteiger partial charge is 0.369 e. The second kappa shape index (κ2) is 12.2. The Kier molecular flexibility index (Phi) is 9.05. The van der Waals surface area contributed by atoms with Crippen LogP contribution >= 0.6 is 15.9 Å². The normalized spacial score (nSPS) is 13.0. The lowest BCUT2D eigenvalue weighted by Crippen LogP contribution is -2.33. The van der Waals surface area contributed by atoms with Gasteiger partial charge in [0.15, 0.2) is 0 Å². The zero-order valence-electron chi connectivity index (χ0n) is 18.1. The van der Waals surface area contributed by atoms with Crippen molar-refractivity contribution < 1.29 is 9.59 Å². The molecule has 1 saturated heterocycles. The fourth-order valence-electron chi connectivity index (χ4n) is 3.22. The first-order valence-electron chi connectivity index (χ1n) is 10.7. The Morgan fingerprint density at radius 1 is 1.16 bits per heavy atom. The van der Waals surface area contributed by atoms with E-state index in [9.17, 15) is 9.59 Å². The predicted molar refractivity (Wildman–Crippen MR) is 129 cm³/mol. The fourth-order valence-corrected chi connectivity index (χ4v) is 3.56. The van der Waals surface area contributed by atoms with Gasteiger partial charge >= 0.3 is 6.03 Å². The standard InChI is InChI=1S/C21H29BrN8O2/c1-23-14-18(31)24-8-5-9-25-19-17(22)13-26-20(29-19)27-15-6-4-7-16(12-15)28-21(32)30-10-2-3-11-30/h4,6-7,12-13,23H,2-3,5,8-11,14H2,1H3,(H,24,31)(H,28,32)(H2,25,26,27,29). The van der Waals surface area contributed by atoms with E-state index in [0.717, 1.165) is 42.5 Å². The third-order valence-corrected chi connectivity index (χ3v) is 5.39. The van der Waals surface area contributed by atoms with Crippen LogP contribution in [-0.2, 0) is 4.79 Å². The Hall–Kier alpha value is -2.92. The van der Waals surface area contributed by atoms with Crippen molar-refractivity contribution in [3.8, 4) is 0 Å². The molecule has 2 heterocycles. The van der Waals surface area contributed by atoms with Gasteiger partial charge in [0.25, 0.3) is 0 Å². The maximum atomic E-state index is 12.3. The van der Waals surface area contributed by atoms with E-state index in [1.54, 1.807) is 13.2 Å². The van der Waals surface area contributed by atoms with Gasteiger partial charge in [-0.25, -0.2) is 9.78 Å². The number of urea groups is 1. The van der Waals surface area contributed by atoms with Crippen LogP contribution in [0.5, 0.6) is 0 Å². The van der Waals surface area contributed by atoms with Gasteiger partial charge in [-0.05, 0) is 60.4 Å². The Bertz CT molecular complexity index is 920. The zero-order chi connectivity index (χ0) is 22.8. The molecular weight excluding hydrogens is 476 g/mol. The summed E-state index contributed by atoms with van der Waals surface area (Å²) in [6, 6.07) is 7.37. The SMILES string of the molecule is CNCC(=O)NCCCNc1nc(Nc2cccc(NC(=O)N3CCCC3)c2)ncc1Br. The van der Waals surface area contributed by atoms with Crippen molar-refractivity contribution >= 4 is 51.0 Å². The highest BCUT2D eigenvalue weighted by atomic mass is 79.9. The molecule has 2 aromatic rings. The van der Waals surface area contributed by atoms with Gasteiger partial charge in [-0.1, -0.05) is 6.07 Å². The number of aromatic nitrogens is 2. The quantitative estimate of drug-likeness (QED) is 0.315. The molecule has 10 nitrogen and oxygen atoms in total. The second-order valence-corrected chi connectivity index (χ2v) is 8.24. The number of anilines is 4. The Balaban J connectivity index is 1.52. The summed E-state index contributed by atoms with van der Waals surface area (Å²) in [6.07, 6.45) is 4.54. The highest BCUT2D eigenvalue weighted by molar-refractivity contribution is 9.10. The number of amides is 3. The summed E-state index contributed by atoms with van der Waals surface area (Å²) < 4.78 is 0.744. The fraction of sp³-hybridized carbons (Fsp3) is 0.429. The van der Waals surface area contributed by atoms with E-state index in [1.807, 2.05) is 29.2 Å². The Morgan fingerprint density at radius 2 is 1.94 bits per heavy atom. The summed E-state index contributed by atoms with van der Waals surface area (Å²) >= 11 is 3.45. The van der Waals surface area contributed by atoms with E-state index in [-0.39, 0.29) is 11.9 Å². The first-order chi connectivity index (χ1) is 15.5. The molecule has 0 aliphatic carbocycles. The van der Waals surface area contributed by atoms with Crippen molar-refractivity contribution in [2.24, 2.45) is 0 Å². The number of benzene rings is 1. The van der Waals surface area contributed by atoms with E-state index in [0.29, 0.717) is 37.1 Å². The molecule has 0 unspecified atom stereocenters. The topological polar surface area (TPSA) is 123 Å². The van der Waals surface area contributed by atoms with Gasteiger partial charge < -0.3 is 31.5 Å². The molecule has 1 aromatic heterocycles. The van der Waals surface area contributed by atoms with Crippen LogP contribution in [-0.4, -0.2) is 66.6 Å². The molecule has 1 aromatic carbocycles. The third-order valence-electron chi connectivity index (χ3n) is 4.81. The van der Waals surface area contributed by atoms with Crippen LogP contribution in [0.25, 0.3) is 0 Å². The average molecular weight is 505 g/mol. The van der Waals surface area contributed by atoms with Gasteiger partial charge in [-0.15, -0.1) is 0 Å². The molecule has 1 aliphatic heterocycles. The third kappa shape index (κ3) is 7.34. The zero-order valence-corrected chi connectivity index (χ0v) is 19.7. The minimum absolute atomic E-state index is 0.0268. The molecule has 32 heavy (non-hydrogen) atoms. The minimum Gasteiger partial charge on any atom is -0.369 e. The second-order valence-electron chi connectivity index (χ2n) is 7.38. The van der Waals surface area contributed by atoms with Crippen molar-refractivity contribution in [2.75, 3.05) is 55.7 Å². The molecule has 0 atom stereocenters. The predicted octanol–water partition coefficient (Wildman–Crippen LogP) is 2.75. The lowest BCUT2D eigenvalue weighted by Gasteiger charge is -2.16. The van der Waals surface area contributed by atoms with Gasteiger partial charge in [0, 0.05) is 43.8 Å². The van der Waals surface area contributed by atoms with E-state index in [4.69, 9.17) is 0 Å². The molecule has 11 heteroatoms. The van der Waals surface area contributed by atoms with E-state index >= 15 is 0 Å². The number of likely N-dealkylation sites (N-methyl/N-ethyl adjacent to an activating group) is 1. The molecule has 172 valence electrons. The van der Waals surface area contributed by atoms with Crippen LogP contribution < -0.4 is 26.6 Å². The maximum Gasteiger partial charge on any atom is 0.321 e. The molecule has 0 bridgehead atoms. The van der Waals surface area contributed by atoms with Crippen LogP contribution in [0.1, 0.15) is 19.3 Å². The molecule has 5 N–H and O–H groups in total. The van der Waals surface area contributed by atoms with Gasteiger partial charge in [-0.2, -0.15) is 4.98 Å². The van der Waals surface area contributed by atoms with Crippen LogP contribution in [0.2, 0.25) is 0 Å². The minimum atomic E-state index is -0.0758. The van der Waals surface area contributed by atoms with E-state index in [1.165, 1.54) is 0 Å². The number of carbonyl (C=O) groups is 2. The van der Waals surface area contributed by atoms with E-state index < -0.39 is 0 Å². The van der Waals surface area contributed by atoms with Gasteiger partial charge in [0.1, 0.15) is 5.82 Å². The van der Waals surface area contributed by atoms with Gasteiger partial charge in [0.2, 0.25) is 11.9 Å². The molecule has 0 spiro atoms. The summed E-state index contributed by atoms with van der Waals surface area (Å²) in [5, 5.41) is 15.0. The molecular formula is C21H29BrN8O2. The van der Waals surface area contributed by atoms with Crippen molar-refractivity contribution in [3.05, 3.63) is 34.9 Å². The first kappa shape index (κ1) is 23.7. The maximum absolute atomic E-state index is 12.3. The summed E-state index contributed by atoms with van der Waals surface area (Å²) in [4.78, 5) is 34.4. The van der Waals surface area contributed by atoms with E-state index in [2.05, 4.69) is 52.5 Å². The number of carbonyl (C=O) groups excluding carboxylic acids is 2. The smallest absolute Gasteiger partial charge is 0.321 e. The van der Waals surface area contributed by atoms with Crippen LogP contribution in [0.3, 0.4) is 0 Å². The highest BCUT2D eigenvalue weighted by Gasteiger charge is 2.17. The number of hydrogen-bond acceptors (Lipinski definition) is 7. The van der Waals surface area contributed by atoms with Crippen LogP contribution in [0, 0.1) is 0 Å².